The minimum atomic E-state index is -3.40. The molecular formula is C12H30O6S2Si2. The Morgan fingerprint density at radius 2 is 0.864 bits per heavy atom. The molecule has 0 aliphatic heterocycles. The van der Waals surface area contributed by atoms with Crippen LogP contribution < -0.4 is 0 Å². The zero-order chi connectivity index (χ0) is 17.7. The summed E-state index contributed by atoms with van der Waals surface area (Å²) >= 11 is 0. The molecule has 10 heteroatoms. The van der Waals surface area contributed by atoms with Gasteiger partial charge < -0.3 is 8.85 Å². The average molecular weight is 391 g/mol. The molecule has 0 saturated heterocycles. The van der Waals surface area contributed by atoms with Gasteiger partial charge in [-0.15, -0.1) is 0 Å². The molecule has 0 aromatic carbocycles. The molecule has 0 aromatic heterocycles. The van der Waals surface area contributed by atoms with E-state index in [0.29, 0.717) is 0 Å². The highest BCUT2D eigenvalue weighted by molar-refractivity contribution is 7.95. The van der Waals surface area contributed by atoms with Crippen molar-refractivity contribution in [2.24, 2.45) is 0 Å². The molecule has 0 N–H and O–H groups in total. The lowest BCUT2D eigenvalue weighted by atomic mass is 10.9. The Balaban J connectivity index is 4.23. The van der Waals surface area contributed by atoms with Crippen molar-refractivity contribution < 1.29 is 25.7 Å². The quantitative estimate of drug-likeness (QED) is 0.497. The number of sulfone groups is 2. The van der Waals surface area contributed by atoms with Gasteiger partial charge in [-0.1, -0.05) is 0 Å². The molecule has 0 amide bonds. The Morgan fingerprint density at radius 3 is 1.09 bits per heavy atom. The van der Waals surface area contributed by atoms with E-state index >= 15 is 0 Å². The van der Waals surface area contributed by atoms with Gasteiger partial charge in [-0.3, -0.25) is 0 Å². The van der Waals surface area contributed by atoms with E-state index in [9.17, 15) is 16.8 Å². The van der Waals surface area contributed by atoms with Gasteiger partial charge in [0.2, 0.25) is 0 Å². The maximum absolute atomic E-state index is 11.8. The zero-order valence-corrected chi connectivity index (χ0v) is 18.1. The fourth-order valence-corrected chi connectivity index (χ4v) is 6.25. The van der Waals surface area contributed by atoms with Crippen molar-refractivity contribution in [3.8, 4) is 0 Å². The number of rotatable bonds is 11. The first-order valence-electron chi connectivity index (χ1n) is 7.31. The molecule has 0 saturated carbocycles. The summed E-state index contributed by atoms with van der Waals surface area (Å²) < 4.78 is 58.4. The summed E-state index contributed by atoms with van der Waals surface area (Å²) in [6.07, 6.45) is 0. The SMILES string of the molecule is C[Si](C)(C)OCCS(=O)(=O)CCS(=O)(=O)CCO[Si](C)(C)C. The van der Waals surface area contributed by atoms with Crippen LogP contribution in [0, 0.1) is 0 Å². The number of hydrogen-bond donors (Lipinski definition) is 0. The highest BCUT2D eigenvalue weighted by atomic mass is 32.2. The highest BCUT2D eigenvalue weighted by Crippen LogP contribution is 2.05. The molecule has 0 atom stereocenters. The lowest BCUT2D eigenvalue weighted by molar-refractivity contribution is 0.334. The Bertz CT molecular complexity index is 479. The van der Waals surface area contributed by atoms with Crippen molar-refractivity contribution in [1.82, 2.24) is 0 Å². The van der Waals surface area contributed by atoms with E-state index in [4.69, 9.17) is 8.85 Å². The predicted molar refractivity (Wildman–Crippen MR) is 95.9 cm³/mol. The van der Waals surface area contributed by atoms with Gasteiger partial charge in [0.25, 0.3) is 0 Å². The molecule has 0 aliphatic carbocycles. The smallest absolute Gasteiger partial charge is 0.183 e. The van der Waals surface area contributed by atoms with Crippen molar-refractivity contribution >= 4 is 36.3 Å². The average Bonchev–Trinajstić information content (AvgIpc) is 2.22. The molecule has 0 spiro atoms. The summed E-state index contributed by atoms with van der Waals surface area (Å²) in [6.45, 7) is 12.1. The fourth-order valence-electron chi connectivity index (χ4n) is 1.41. The molecule has 0 bridgehead atoms. The second-order valence-corrected chi connectivity index (χ2v) is 20.9. The van der Waals surface area contributed by atoms with Gasteiger partial charge in [-0.2, -0.15) is 0 Å². The molecule has 134 valence electrons. The minimum Gasteiger partial charge on any atom is -0.417 e. The third-order valence-corrected chi connectivity index (χ3v) is 8.19. The Morgan fingerprint density at radius 1 is 0.591 bits per heavy atom. The van der Waals surface area contributed by atoms with Crippen molar-refractivity contribution in [1.29, 1.82) is 0 Å². The van der Waals surface area contributed by atoms with Gasteiger partial charge >= 0.3 is 0 Å². The molecule has 0 fully saturated rings. The van der Waals surface area contributed by atoms with E-state index in [0.717, 1.165) is 0 Å². The summed E-state index contributed by atoms with van der Waals surface area (Å²) in [5, 5.41) is 0. The first-order valence-corrected chi connectivity index (χ1v) is 17.8. The minimum absolute atomic E-state index is 0.127. The largest absolute Gasteiger partial charge is 0.417 e. The van der Waals surface area contributed by atoms with E-state index in [1.165, 1.54) is 0 Å². The molecule has 6 nitrogen and oxygen atoms in total. The second kappa shape index (κ2) is 8.38. The van der Waals surface area contributed by atoms with Crippen LogP contribution in [-0.2, 0) is 28.5 Å². The Kier molecular flexibility index (Phi) is 8.48. The fraction of sp³-hybridized carbons (Fsp3) is 1.00. The lowest BCUT2D eigenvalue weighted by Crippen LogP contribution is -2.31. The summed E-state index contributed by atoms with van der Waals surface area (Å²) in [5.41, 5.74) is 0. The Labute approximate surface area is 137 Å². The molecule has 0 aromatic rings. The molecule has 0 unspecified atom stereocenters. The summed E-state index contributed by atoms with van der Waals surface area (Å²) in [5.74, 6) is -0.953. The second-order valence-electron chi connectivity index (χ2n) is 7.23. The van der Waals surface area contributed by atoms with Crippen LogP contribution in [0.3, 0.4) is 0 Å². The standard InChI is InChI=1S/C12H30O6S2Si2/c1-21(2,3)17-7-9-19(13,14)11-12-20(15,16)10-8-18-22(4,5)6/h7-12H2,1-6H3. The van der Waals surface area contributed by atoms with Crippen molar-refractivity contribution in [2.45, 2.75) is 39.3 Å². The van der Waals surface area contributed by atoms with Crippen molar-refractivity contribution in [3.63, 3.8) is 0 Å². The number of hydrogen-bond acceptors (Lipinski definition) is 6. The van der Waals surface area contributed by atoms with E-state index in [1.807, 2.05) is 39.3 Å². The monoisotopic (exact) mass is 390 g/mol. The van der Waals surface area contributed by atoms with Crippen molar-refractivity contribution in [2.75, 3.05) is 36.2 Å². The van der Waals surface area contributed by atoms with Gasteiger partial charge in [0.1, 0.15) is 0 Å². The topological polar surface area (TPSA) is 86.7 Å². The first kappa shape index (κ1) is 22.3. The van der Waals surface area contributed by atoms with Crippen LogP contribution in [0.4, 0.5) is 0 Å². The molecule has 0 radical (unpaired) electrons. The van der Waals surface area contributed by atoms with Gasteiger partial charge in [-0.05, 0) is 39.3 Å². The molecular weight excluding hydrogens is 360 g/mol. The first-order chi connectivity index (χ1) is 9.62. The van der Waals surface area contributed by atoms with Crippen LogP contribution in [0.2, 0.25) is 39.3 Å². The summed E-state index contributed by atoms with van der Waals surface area (Å²) in [6, 6.07) is 0. The predicted octanol–water partition coefficient (Wildman–Crippen LogP) is 1.52. The highest BCUT2D eigenvalue weighted by Gasteiger charge is 2.21. The normalized spacial score (nSPS) is 14.3. The third kappa shape index (κ3) is 13.9. The van der Waals surface area contributed by atoms with Crippen LogP contribution in [0.5, 0.6) is 0 Å². The maximum Gasteiger partial charge on any atom is 0.183 e. The van der Waals surface area contributed by atoms with E-state index in [1.54, 1.807) is 0 Å². The van der Waals surface area contributed by atoms with Crippen LogP contribution in [-0.4, -0.2) is 69.7 Å². The van der Waals surface area contributed by atoms with Crippen LogP contribution in [0.1, 0.15) is 0 Å². The van der Waals surface area contributed by atoms with E-state index in [2.05, 4.69) is 0 Å². The van der Waals surface area contributed by atoms with Crippen LogP contribution in [0.25, 0.3) is 0 Å². The van der Waals surface area contributed by atoms with Crippen LogP contribution >= 0.6 is 0 Å². The van der Waals surface area contributed by atoms with Crippen LogP contribution in [0.15, 0.2) is 0 Å². The van der Waals surface area contributed by atoms with E-state index in [-0.39, 0.29) is 36.2 Å². The summed E-state index contributed by atoms with van der Waals surface area (Å²) in [4.78, 5) is 0. The molecule has 22 heavy (non-hydrogen) atoms. The zero-order valence-electron chi connectivity index (χ0n) is 14.5. The van der Waals surface area contributed by atoms with Crippen molar-refractivity contribution in [3.05, 3.63) is 0 Å². The molecule has 0 aliphatic rings. The van der Waals surface area contributed by atoms with E-state index < -0.39 is 36.3 Å². The maximum atomic E-state index is 11.8. The van der Waals surface area contributed by atoms with Gasteiger partial charge in [0.05, 0.1) is 23.0 Å². The molecule has 0 heterocycles. The molecule has 0 rings (SSSR count). The van der Waals surface area contributed by atoms with Gasteiger partial charge in [0.15, 0.2) is 36.3 Å². The lowest BCUT2D eigenvalue weighted by Gasteiger charge is -2.17. The Hall–Kier alpha value is 0.254. The third-order valence-electron chi connectivity index (χ3n) is 2.56. The van der Waals surface area contributed by atoms with Gasteiger partial charge in [-0.25, -0.2) is 16.8 Å². The van der Waals surface area contributed by atoms with Gasteiger partial charge in [0, 0.05) is 13.2 Å². The summed E-state index contributed by atoms with van der Waals surface area (Å²) in [7, 11) is -10.3.